The minimum Gasteiger partial charge on any atom is -0.466 e. The molecular weight excluding hydrogens is 462 g/mol. The standard InChI is InChI=1S/C26H50O4.C6H15N/c1-3-5-7-9-11-13-15-19-23-29-25(27)21-17-18-22-26(28)30-24-20-16-14-12-10-8-6-4-2;1-4-7(5-2)6-3/h3-24H2,1-2H3;4-6H2,1-3H3. The molecule has 0 unspecified atom stereocenters. The first kappa shape index (κ1) is 38.0. The summed E-state index contributed by atoms with van der Waals surface area (Å²) in [6.07, 6.45) is 22.1. The predicted molar refractivity (Wildman–Crippen MR) is 159 cm³/mol. The van der Waals surface area contributed by atoms with Crippen LogP contribution < -0.4 is 0 Å². The zero-order valence-corrected chi connectivity index (χ0v) is 25.8. The molecule has 5 heteroatoms. The molecule has 222 valence electrons. The Kier molecular flexibility index (Phi) is 33.9. The smallest absolute Gasteiger partial charge is 0.305 e. The molecule has 0 amide bonds. The van der Waals surface area contributed by atoms with Crippen LogP contribution in [0.2, 0.25) is 0 Å². The van der Waals surface area contributed by atoms with E-state index in [1.165, 1.54) is 96.7 Å². The zero-order valence-electron chi connectivity index (χ0n) is 25.8. The van der Waals surface area contributed by atoms with Gasteiger partial charge in [0.05, 0.1) is 13.2 Å². The largest absolute Gasteiger partial charge is 0.466 e. The van der Waals surface area contributed by atoms with Crippen molar-refractivity contribution in [1.29, 1.82) is 0 Å². The van der Waals surface area contributed by atoms with Gasteiger partial charge in [0.25, 0.3) is 0 Å². The molecule has 0 atom stereocenters. The summed E-state index contributed by atoms with van der Waals surface area (Å²) < 4.78 is 10.5. The lowest BCUT2D eigenvalue weighted by Crippen LogP contribution is -2.21. The fourth-order valence-electron chi connectivity index (χ4n) is 4.20. The normalized spacial score (nSPS) is 10.8. The Morgan fingerprint density at radius 2 is 0.730 bits per heavy atom. The molecule has 0 aliphatic carbocycles. The van der Waals surface area contributed by atoms with E-state index in [-0.39, 0.29) is 11.9 Å². The van der Waals surface area contributed by atoms with Crippen LogP contribution in [0.5, 0.6) is 0 Å². The summed E-state index contributed by atoms with van der Waals surface area (Å²) in [5.41, 5.74) is 0. The maximum absolute atomic E-state index is 11.7. The van der Waals surface area contributed by atoms with E-state index >= 15 is 0 Å². The van der Waals surface area contributed by atoms with Crippen molar-refractivity contribution < 1.29 is 19.1 Å². The van der Waals surface area contributed by atoms with Crippen molar-refractivity contribution in [2.24, 2.45) is 0 Å². The van der Waals surface area contributed by atoms with Gasteiger partial charge in [0.2, 0.25) is 0 Å². The van der Waals surface area contributed by atoms with Gasteiger partial charge in [0, 0.05) is 12.8 Å². The van der Waals surface area contributed by atoms with Crippen LogP contribution in [-0.2, 0) is 19.1 Å². The van der Waals surface area contributed by atoms with Gasteiger partial charge in [-0.15, -0.1) is 0 Å². The quantitative estimate of drug-likeness (QED) is 0.0828. The van der Waals surface area contributed by atoms with Crippen molar-refractivity contribution in [3.8, 4) is 0 Å². The zero-order chi connectivity index (χ0) is 27.8. The SMILES string of the molecule is CCCCCCCCCCOC(=O)CCCCC(=O)OCCCCCCCCCC.CCN(CC)CC. The highest BCUT2D eigenvalue weighted by molar-refractivity contribution is 5.70. The Hall–Kier alpha value is -1.10. The van der Waals surface area contributed by atoms with Gasteiger partial charge in [-0.2, -0.15) is 0 Å². The van der Waals surface area contributed by atoms with Gasteiger partial charge < -0.3 is 14.4 Å². The first-order chi connectivity index (χ1) is 18.0. The molecular formula is C32H65NO4. The second-order valence-electron chi connectivity index (χ2n) is 10.2. The molecule has 0 bridgehead atoms. The third kappa shape index (κ3) is 32.9. The Morgan fingerprint density at radius 1 is 0.432 bits per heavy atom. The van der Waals surface area contributed by atoms with Crippen molar-refractivity contribution in [2.45, 2.75) is 163 Å². The summed E-state index contributed by atoms with van der Waals surface area (Å²) in [6.45, 7) is 15.7. The van der Waals surface area contributed by atoms with Crippen molar-refractivity contribution in [3.63, 3.8) is 0 Å². The highest BCUT2D eigenvalue weighted by Gasteiger charge is 2.06. The highest BCUT2D eigenvalue weighted by Crippen LogP contribution is 2.10. The van der Waals surface area contributed by atoms with Crippen LogP contribution in [-0.4, -0.2) is 49.7 Å². The Bertz CT molecular complexity index is 424. The number of unbranched alkanes of at least 4 members (excludes halogenated alkanes) is 15. The first-order valence-corrected chi connectivity index (χ1v) is 16.1. The Labute approximate surface area is 231 Å². The fraction of sp³-hybridized carbons (Fsp3) is 0.938. The van der Waals surface area contributed by atoms with E-state index in [1.54, 1.807) is 0 Å². The molecule has 0 aliphatic rings. The van der Waals surface area contributed by atoms with Gasteiger partial charge in [-0.05, 0) is 45.3 Å². The van der Waals surface area contributed by atoms with Gasteiger partial charge in [-0.3, -0.25) is 9.59 Å². The average molecular weight is 528 g/mol. The molecule has 0 aliphatic heterocycles. The van der Waals surface area contributed by atoms with E-state index in [4.69, 9.17) is 9.47 Å². The second-order valence-corrected chi connectivity index (χ2v) is 10.2. The molecule has 0 aromatic carbocycles. The minimum absolute atomic E-state index is 0.134. The van der Waals surface area contributed by atoms with Gasteiger partial charge >= 0.3 is 11.9 Å². The Balaban J connectivity index is 0. The fourth-order valence-corrected chi connectivity index (χ4v) is 4.20. The van der Waals surface area contributed by atoms with Crippen LogP contribution in [0.15, 0.2) is 0 Å². The maximum Gasteiger partial charge on any atom is 0.305 e. The van der Waals surface area contributed by atoms with Crippen LogP contribution in [0.25, 0.3) is 0 Å². The van der Waals surface area contributed by atoms with Gasteiger partial charge in [-0.1, -0.05) is 125 Å². The molecule has 0 heterocycles. The van der Waals surface area contributed by atoms with Gasteiger partial charge in [0.15, 0.2) is 0 Å². The number of esters is 2. The Morgan fingerprint density at radius 3 is 1.00 bits per heavy atom. The van der Waals surface area contributed by atoms with Crippen LogP contribution in [0.1, 0.15) is 163 Å². The molecule has 0 saturated heterocycles. The predicted octanol–water partition coefficient (Wildman–Crippen LogP) is 9.26. The van der Waals surface area contributed by atoms with E-state index < -0.39 is 0 Å². The van der Waals surface area contributed by atoms with E-state index in [2.05, 4.69) is 39.5 Å². The van der Waals surface area contributed by atoms with Crippen LogP contribution in [0.3, 0.4) is 0 Å². The van der Waals surface area contributed by atoms with E-state index in [1.807, 2.05) is 0 Å². The summed E-state index contributed by atoms with van der Waals surface area (Å²) in [6, 6.07) is 0. The number of carbonyl (C=O) groups is 2. The molecule has 0 aromatic heterocycles. The third-order valence-corrected chi connectivity index (χ3v) is 6.88. The molecule has 0 aromatic rings. The summed E-state index contributed by atoms with van der Waals surface area (Å²) in [4.78, 5) is 25.8. The minimum atomic E-state index is -0.134. The number of ether oxygens (including phenoxy) is 2. The first-order valence-electron chi connectivity index (χ1n) is 16.1. The average Bonchev–Trinajstić information content (AvgIpc) is 2.90. The number of carbonyl (C=O) groups excluding carboxylic acids is 2. The second kappa shape index (κ2) is 32.9. The van der Waals surface area contributed by atoms with Crippen molar-refractivity contribution >= 4 is 11.9 Å². The lowest BCUT2D eigenvalue weighted by molar-refractivity contribution is -0.146. The molecule has 5 nitrogen and oxygen atoms in total. The monoisotopic (exact) mass is 527 g/mol. The molecule has 0 N–H and O–H groups in total. The molecule has 0 radical (unpaired) electrons. The van der Waals surface area contributed by atoms with E-state index in [9.17, 15) is 9.59 Å². The van der Waals surface area contributed by atoms with Crippen molar-refractivity contribution in [1.82, 2.24) is 4.90 Å². The maximum atomic E-state index is 11.7. The third-order valence-electron chi connectivity index (χ3n) is 6.88. The summed E-state index contributed by atoms with van der Waals surface area (Å²) in [5, 5.41) is 0. The summed E-state index contributed by atoms with van der Waals surface area (Å²) >= 11 is 0. The van der Waals surface area contributed by atoms with Crippen LogP contribution >= 0.6 is 0 Å². The highest BCUT2D eigenvalue weighted by atomic mass is 16.5. The molecule has 0 saturated carbocycles. The number of hydrogen-bond acceptors (Lipinski definition) is 5. The lowest BCUT2D eigenvalue weighted by atomic mass is 10.1. The van der Waals surface area contributed by atoms with E-state index in [0.717, 1.165) is 25.7 Å². The van der Waals surface area contributed by atoms with Crippen molar-refractivity contribution in [2.75, 3.05) is 32.8 Å². The van der Waals surface area contributed by atoms with Crippen molar-refractivity contribution in [3.05, 3.63) is 0 Å². The molecule has 37 heavy (non-hydrogen) atoms. The van der Waals surface area contributed by atoms with Crippen LogP contribution in [0, 0.1) is 0 Å². The number of hydrogen-bond donors (Lipinski definition) is 0. The molecule has 0 fully saturated rings. The number of nitrogens with zero attached hydrogens (tertiary/aromatic N) is 1. The topological polar surface area (TPSA) is 55.8 Å². The molecule has 0 spiro atoms. The lowest BCUT2D eigenvalue weighted by Gasteiger charge is -2.13. The van der Waals surface area contributed by atoms with Gasteiger partial charge in [0.1, 0.15) is 0 Å². The summed E-state index contributed by atoms with van der Waals surface area (Å²) in [7, 11) is 0. The number of rotatable bonds is 26. The van der Waals surface area contributed by atoms with Crippen LogP contribution in [0.4, 0.5) is 0 Å². The van der Waals surface area contributed by atoms with Gasteiger partial charge in [-0.25, -0.2) is 0 Å². The van der Waals surface area contributed by atoms with E-state index in [0.29, 0.717) is 38.9 Å². The molecule has 0 rings (SSSR count). The summed E-state index contributed by atoms with van der Waals surface area (Å²) in [5.74, 6) is -0.268.